The van der Waals surface area contributed by atoms with Crippen molar-refractivity contribution in [2.24, 2.45) is 7.05 Å². The van der Waals surface area contributed by atoms with Gasteiger partial charge in [0.2, 0.25) is 5.91 Å². The van der Waals surface area contributed by atoms with E-state index in [1.807, 2.05) is 47.6 Å². The van der Waals surface area contributed by atoms with Gasteiger partial charge in [-0.25, -0.2) is 0 Å². The van der Waals surface area contributed by atoms with E-state index in [9.17, 15) is 4.79 Å². The summed E-state index contributed by atoms with van der Waals surface area (Å²) in [6.07, 6.45) is 2.14. The Morgan fingerprint density at radius 1 is 1.48 bits per heavy atom. The minimum atomic E-state index is 0. The van der Waals surface area contributed by atoms with E-state index in [1.165, 1.54) is 0 Å². The zero-order chi connectivity index (χ0) is 15.4. The van der Waals surface area contributed by atoms with Crippen molar-refractivity contribution < 1.29 is 4.79 Å². The minimum Gasteiger partial charge on any atom is -0.325 e. The van der Waals surface area contributed by atoms with Gasteiger partial charge in [0, 0.05) is 43.1 Å². The molecule has 0 aliphatic carbocycles. The predicted molar refractivity (Wildman–Crippen MR) is 96.0 cm³/mol. The maximum Gasteiger partial charge on any atom is 0.225 e. The Morgan fingerprint density at radius 3 is 3.00 bits per heavy atom. The number of amides is 1. The normalized spacial score (nSPS) is 17.3. The quantitative estimate of drug-likeness (QED) is 0.878. The van der Waals surface area contributed by atoms with Crippen LogP contribution in [0.4, 0.5) is 5.69 Å². The number of benzene rings is 1. The first kappa shape index (κ1) is 17.8. The number of hydrogen-bond donors (Lipinski definition) is 2. The van der Waals surface area contributed by atoms with Gasteiger partial charge in [-0.05, 0) is 12.1 Å². The molecule has 1 aliphatic heterocycles. The highest BCUT2D eigenvalue weighted by Crippen LogP contribution is 2.25. The molecule has 0 bridgehead atoms. The van der Waals surface area contributed by atoms with Crippen LogP contribution in [0.15, 0.2) is 30.6 Å². The molecule has 124 valence electrons. The third-order valence-electron chi connectivity index (χ3n) is 3.58. The van der Waals surface area contributed by atoms with Crippen molar-refractivity contribution in [3.63, 3.8) is 0 Å². The van der Waals surface area contributed by atoms with Gasteiger partial charge in [-0.3, -0.25) is 4.79 Å². The topological polar surface area (TPSA) is 71.8 Å². The van der Waals surface area contributed by atoms with Crippen molar-refractivity contribution in [1.82, 2.24) is 20.1 Å². The Morgan fingerprint density at radius 2 is 2.30 bits per heavy atom. The van der Waals surface area contributed by atoms with Crippen LogP contribution in [-0.4, -0.2) is 44.8 Å². The highest BCUT2D eigenvalue weighted by atomic mass is 35.5. The summed E-state index contributed by atoms with van der Waals surface area (Å²) in [5.41, 5.74) is 1.65. The number of hydrogen-bond acceptors (Lipinski definition) is 5. The standard InChI is InChI=1S/C15H19N5OS.ClH/c1-20-10-17-19-15(20)12-4-2-3-5-13(12)18-14(21)8-11-9-22-7-6-16-11;/h2-5,10-11,16H,6-9H2,1H3,(H,18,21);1H. The summed E-state index contributed by atoms with van der Waals surface area (Å²) >= 11 is 1.89. The summed E-state index contributed by atoms with van der Waals surface area (Å²) in [6.45, 7) is 0.970. The van der Waals surface area contributed by atoms with Gasteiger partial charge in [0.1, 0.15) is 6.33 Å². The molecule has 1 aliphatic rings. The van der Waals surface area contributed by atoms with Crippen LogP contribution < -0.4 is 10.6 Å². The molecule has 2 heterocycles. The highest BCUT2D eigenvalue weighted by Gasteiger charge is 2.18. The average Bonchev–Trinajstić information content (AvgIpc) is 2.95. The Hall–Kier alpha value is -1.57. The van der Waals surface area contributed by atoms with Crippen LogP contribution in [0.1, 0.15) is 6.42 Å². The van der Waals surface area contributed by atoms with Gasteiger partial charge in [-0.1, -0.05) is 12.1 Å². The molecular formula is C15H20ClN5OS. The van der Waals surface area contributed by atoms with Crippen molar-refractivity contribution in [3.8, 4) is 11.4 Å². The van der Waals surface area contributed by atoms with E-state index >= 15 is 0 Å². The fourth-order valence-electron chi connectivity index (χ4n) is 2.49. The van der Waals surface area contributed by atoms with Gasteiger partial charge in [0.25, 0.3) is 0 Å². The molecule has 1 saturated heterocycles. The van der Waals surface area contributed by atoms with E-state index in [0.29, 0.717) is 6.42 Å². The largest absolute Gasteiger partial charge is 0.325 e. The molecule has 6 nitrogen and oxygen atoms in total. The second-order valence-corrected chi connectivity index (χ2v) is 6.44. The molecule has 1 aromatic heterocycles. The van der Waals surface area contributed by atoms with Crippen molar-refractivity contribution in [3.05, 3.63) is 30.6 Å². The molecule has 0 saturated carbocycles. The summed E-state index contributed by atoms with van der Waals surface area (Å²) in [7, 11) is 1.89. The Labute approximate surface area is 145 Å². The number of rotatable bonds is 4. The number of halogens is 1. The van der Waals surface area contributed by atoms with E-state index in [0.717, 1.165) is 35.1 Å². The predicted octanol–water partition coefficient (Wildman–Crippen LogP) is 1.94. The number of carbonyl (C=O) groups excluding carboxylic acids is 1. The lowest BCUT2D eigenvalue weighted by atomic mass is 10.1. The minimum absolute atomic E-state index is 0. The third kappa shape index (κ3) is 4.46. The van der Waals surface area contributed by atoms with Crippen LogP contribution in [0.5, 0.6) is 0 Å². The Balaban J connectivity index is 0.00000192. The zero-order valence-corrected chi connectivity index (χ0v) is 14.5. The lowest BCUT2D eigenvalue weighted by Crippen LogP contribution is -2.39. The van der Waals surface area contributed by atoms with E-state index in [1.54, 1.807) is 6.33 Å². The Bertz CT molecular complexity index is 657. The molecule has 1 unspecified atom stereocenters. The molecule has 2 aromatic rings. The average molecular weight is 354 g/mol. The lowest BCUT2D eigenvalue weighted by molar-refractivity contribution is -0.116. The number of thioether (sulfide) groups is 1. The first-order chi connectivity index (χ1) is 10.7. The van der Waals surface area contributed by atoms with Crippen LogP contribution in [0.3, 0.4) is 0 Å². The molecule has 0 spiro atoms. The molecule has 0 radical (unpaired) electrons. The molecular weight excluding hydrogens is 334 g/mol. The first-order valence-corrected chi connectivity index (χ1v) is 8.44. The SMILES string of the molecule is Cl.Cn1cnnc1-c1ccccc1NC(=O)CC1CSCCN1. The number of aryl methyl sites for hydroxylation is 1. The number of nitrogens with zero attached hydrogens (tertiary/aromatic N) is 3. The number of carbonyl (C=O) groups is 1. The second kappa shape index (κ2) is 8.33. The summed E-state index contributed by atoms with van der Waals surface area (Å²) < 4.78 is 1.84. The monoisotopic (exact) mass is 353 g/mol. The van der Waals surface area contributed by atoms with Gasteiger partial charge < -0.3 is 15.2 Å². The molecule has 1 atom stereocenters. The van der Waals surface area contributed by atoms with Gasteiger partial charge in [-0.15, -0.1) is 22.6 Å². The Kier molecular flexibility index (Phi) is 6.44. The van der Waals surface area contributed by atoms with Crippen molar-refractivity contribution in [2.45, 2.75) is 12.5 Å². The van der Waals surface area contributed by atoms with Crippen LogP contribution in [0.2, 0.25) is 0 Å². The van der Waals surface area contributed by atoms with Gasteiger partial charge in [0.05, 0.1) is 5.69 Å². The molecule has 1 aromatic carbocycles. The number of para-hydroxylation sites is 1. The van der Waals surface area contributed by atoms with Gasteiger partial charge in [0.15, 0.2) is 5.82 Å². The molecule has 3 rings (SSSR count). The van der Waals surface area contributed by atoms with Crippen LogP contribution in [-0.2, 0) is 11.8 Å². The fourth-order valence-corrected chi connectivity index (χ4v) is 3.44. The van der Waals surface area contributed by atoms with Crippen LogP contribution in [0, 0.1) is 0 Å². The molecule has 1 fully saturated rings. The van der Waals surface area contributed by atoms with Gasteiger partial charge >= 0.3 is 0 Å². The van der Waals surface area contributed by atoms with E-state index in [4.69, 9.17) is 0 Å². The van der Waals surface area contributed by atoms with E-state index < -0.39 is 0 Å². The van der Waals surface area contributed by atoms with Crippen LogP contribution in [0.25, 0.3) is 11.4 Å². The zero-order valence-electron chi connectivity index (χ0n) is 12.9. The van der Waals surface area contributed by atoms with Crippen molar-refractivity contribution in [1.29, 1.82) is 0 Å². The highest BCUT2D eigenvalue weighted by molar-refractivity contribution is 7.99. The van der Waals surface area contributed by atoms with E-state index in [2.05, 4.69) is 20.8 Å². The lowest BCUT2D eigenvalue weighted by Gasteiger charge is -2.22. The van der Waals surface area contributed by atoms with Crippen molar-refractivity contribution in [2.75, 3.05) is 23.4 Å². The second-order valence-electron chi connectivity index (χ2n) is 5.29. The summed E-state index contributed by atoms with van der Waals surface area (Å²) in [4.78, 5) is 12.3. The maximum atomic E-state index is 12.3. The van der Waals surface area contributed by atoms with Crippen molar-refractivity contribution >= 4 is 35.8 Å². The first-order valence-electron chi connectivity index (χ1n) is 7.28. The molecule has 8 heteroatoms. The molecule has 1 amide bonds. The fraction of sp³-hybridized carbons (Fsp3) is 0.400. The third-order valence-corrected chi connectivity index (χ3v) is 4.71. The van der Waals surface area contributed by atoms with Crippen LogP contribution >= 0.6 is 24.2 Å². The molecule has 2 N–H and O–H groups in total. The van der Waals surface area contributed by atoms with Gasteiger partial charge in [-0.2, -0.15) is 11.8 Å². The number of aromatic nitrogens is 3. The molecule has 23 heavy (non-hydrogen) atoms. The summed E-state index contributed by atoms with van der Waals surface area (Å²) in [5.74, 6) is 2.86. The number of anilines is 1. The smallest absolute Gasteiger partial charge is 0.225 e. The maximum absolute atomic E-state index is 12.3. The number of nitrogens with one attached hydrogen (secondary N) is 2. The summed E-state index contributed by atoms with van der Waals surface area (Å²) in [5, 5.41) is 14.4. The van der Waals surface area contributed by atoms with E-state index in [-0.39, 0.29) is 24.4 Å². The summed E-state index contributed by atoms with van der Waals surface area (Å²) in [6, 6.07) is 7.92.